The second-order valence-corrected chi connectivity index (χ2v) is 13.5. The van der Waals surface area contributed by atoms with Crippen LogP contribution in [0.5, 0.6) is 5.75 Å². The quantitative estimate of drug-likeness (QED) is 0.153. The fourth-order valence-electron chi connectivity index (χ4n) is 4.86. The van der Waals surface area contributed by atoms with Crippen molar-refractivity contribution >= 4 is 62.3 Å². The van der Waals surface area contributed by atoms with Crippen molar-refractivity contribution in [3.8, 4) is 5.75 Å². The third-order valence-electron chi connectivity index (χ3n) is 7.23. The number of nitrogens with one attached hydrogen (secondary N) is 1. The highest BCUT2D eigenvalue weighted by Gasteiger charge is 2.36. The zero-order valence-electron chi connectivity index (χ0n) is 25.3. The van der Waals surface area contributed by atoms with Crippen molar-refractivity contribution in [3.63, 3.8) is 0 Å². The van der Waals surface area contributed by atoms with E-state index in [9.17, 15) is 18.0 Å². The van der Waals surface area contributed by atoms with E-state index in [1.807, 2.05) is 37.3 Å². The summed E-state index contributed by atoms with van der Waals surface area (Å²) in [6, 6.07) is 25.4. The van der Waals surface area contributed by atoms with Gasteiger partial charge in [0, 0.05) is 40.1 Å². The summed E-state index contributed by atoms with van der Waals surface area (Å²) in [5.41, 5.74) is 1.27. The van der Waals surface area contributed by atoms with Crippen molar-refractivity contribution in [2.45, 2.75) is 37.2 Å². The van der Waals surface area contributed by atoms with Crippen molar-refractivity contribution in [3.05, 3.63) is 123 Å². The van der Waals surface area contributed by atoms with E-state index in [1.165, 1.54) is 36.3 Å². The maximum Gasteiger partial charge on any atom is 0.264 e. The Morgan fingerprint density at radius 1 is 0.870 bits per heavy atom. The van der Waals surface area contributed by atoms with E-state index in [4.69, 9.17) is 39.5 Å². The normalized spacial score (nSPS) is 11.8. The van der Waals surface area contributed by atoms with Crippen LogP contribution >= 0.6 is 34.8 Å². The van der Waals surface area contributed by atoms with Gasteiger partial charge in [-0.2, -0.15) is 0 Å². The van der Waals surface area contributed by atoms with Crippen LogP contribution in [-0.2, 0) is 32.6 Å². The van der Waals surface area contributed by atoms with Gasteiger partial charge in [-0.15, -0.1) is 0 Å². The van der Waals surface area contributed by atoms with E-state index < -0.39 is 34.4 Å². The molecule has 1 unspecified atom stereocenters. The van der Waals surface area contributed by atoms with E-state index in [1.54, 1.807) is 42.5 Å². The number of nitrogens with zero attached hydrogens (tertiary/aromatic N) is 2. The molecule has 0 saturated heterocycles. The molecule has 0 saturated carbocycles. The molecule has 4 rings (SSSR count). The van der Waals surface area contributed by atoms with Gasteiger partial charge in [0.15, 0.2) is 0 Å². The largest absolute Gasteiger partial charge is 0.495 e. The average Bonchev–Trinajstić information content (AvgIpc) is 3.06. The van der Waals surface area contributed by atoms with Crippen molar-refractivity contribution in [1.82, 2.24) is 10.2 Å². The number of benzene rings is 4. The van der Waals surface area contributed by atoms with Crippen molar-refractivity contribution < 1.29 is 22.7 Å². The summed E-state index contributed by atoms with van der Waals surface area (Å²) in [7, 11) is -2.96. The van der Waals surface area contributed by atoms with Crippen LogP contribution in [0.15, 0.2) is 102 Å². The van der Waals surface area contributed by atoms with Gasteiger partial charge in [-0.25, -0.2) is 8.42 Å². The molecule has 0 aromatic heterocycles. The second-order valence-electron chi connectivity index (χ2n) is 10.4. The van der Waals surface area contributed by atoms with Crippen LogP contribution in [0.2, 0.25) is 15.1 Å². The molecule has 242 valence electrons. The highest BCUT2D eigenvalue weighted by Crippen LogP contribution is 2.35. The lowest BCUT2D eigenvalue weighted by molar-refractivity contribution is -0.140. The zero-order chi connectivity index (χ0) is 33.3. The highest BCUT2D eigenvalue weighted by atomic mass is 35.5. The van der Waals surface area contributed by atoms with E-state index in [0.29, 0.717) is 28.6 Å². The highest BCUT2D eigenvalue weighted by molar-refractivity contribution is 7.92. The van der Waals surface area contributed by atoms with Crippen molar-refractivity contribution in [1.29, 1.82) is 0 Å². The van der Waals surface area contributed by atoms with Gasteiger partial charge >= 0.3 is 0 Å². The number of amides is 2. The van der Waals surface area contributed by atoms with Gasteiger partial charge in [-0.1, -0.05) is 96.3 Å². The molecule has 0 fully saturated rings. The number of hydrogen-bond donors (Lipinski definition) is 1. The summed E-state index contributed by atoms with van der Waals surface area (Å²) in [4.78, 5) is 29.7. The Balaban J connectivity index is 1.87. The first-order valence-corrected chi connectivity index (χ1v) is 17.1. The summed E-state index contributed by atoms with van der Waals surface area (Å²) in [6.07, 6.45) is 0.821. The number of anilines is 1. The van der Waals surface area contributed by atoms with Crippen LogP contribution in [0, 0.1) is 0 Å². The Morgan fingerprint density at radius 2 is 1.50 bits per heavy atom. The minimum atomic E-state index is -4.35. The first-order chi connectivity index (χ1) is 22.1. The van der Waals surface area contributed by atoms with Gasteiger partial charge in [0.05, 0.1) is 17.7 Å². The van der Waals surface area contributed by atoms with Gasteiger partial charge in [-0.3, -0.25) is 13.9 Å². The molecule has 8 nitrogen and oxygen atoms in total. The van der Waals surface area contributed by atoms with Crippen LogP contribution < -0.4 is 14.4 Å². The Kier molecular flexibility index (Phi) is 12.3. The molecule has 12 heteroatoms. The maximum absolute atomic E-state index is 14.6. The summed E-state index contributed by atoms with van der Waals surface area (Å²) in [6.45, 7) is 1.44. The molecule has 0 heterocycles. The van der Waals surface area contributed by atoms with Crippen LogP contribution in [0.4, 0.5) is 5.69 Å². The summed E-state index contributed by atoms with van der Waals surface area (Å²) in [5.74, 6) is -0.899. The molecule has 0 spiro atoms. The molecule has 46 heavy (non-hydrogen) atoms. The molecule has 0 bridgehead atoms. The number of carbonyl (C=O) groups is 2. The van der Waals surface area contributed by atoms with E-state index in [2.05, 4.69) is 5.32 Å². The van der Waals surface area contributed by atoms with Gasteiger partial charge in [0.2, 0.25) is 11.8 Å². The first-order valence-electron chi connectivity index (χ1n) is 14.5. The maximum atomic E-state index is 14.6. The SMILES string of the molecule is CCCNC(=O)C(Cc1ccccc1)N(Cc1c(Cl)cccc1Cl)C(=O)CN(c1cc(Cl)ccc1OC)S(=O)(=O)c1ccccc1. The number of methoxy groups -OCH3 is 1. The number of sulfonamides is 1. The minimum absolute atomic E-state index is 0.0490. The van der Waals surface area contributed by atoms with Crippen molar-refractivity contribution in [2.75, 3.05) is 24.5 Å². The molecule has 0 radical (unpaired) electrons. The van der Waals surface area contributed by atoms with Crippen LogP contribution in [0.25, 0.3) is 0 Å². The molecule has 0 aliphatic heterocycles. The fraction of sp³-hybridized carbons (Fsp3) is 0.235. The topological polar surface area (TPSA) is 96.0 Å². The third-order valence-corrected chi connectivity index (χ3v) is 9.95. The lowest BCUT2D eigenvalue weighted by Gasteiger charge is -2.34. The standard InChI is InChI=1S/C34H34Cl3N3O5S/c1-3-19-38-34(42)31(20-24-11-6-4-7-12-24)39(22-27-28(36)15-10-16-29(27)37)33(41)23-40(30-21-25(35)17-18-32(30)45-2)46(43,44)26-13-8-5-9-14-26/h4-18,21,31H,3,19-20,22-23H2,1-2H3,(H,38,42). The predicted molar refractivity (Wildman–Crippen MR) is 183 cm³/mol. The number of rotatable bonds is 14. The van der Waals surface area contributed by atoms with Gasteiger partial charge < -0.3 is 15.0 Å². The summed E-state index contributed by atoms with van der Waals surface area (Å²) < 4.78 is 34.9. The molecule has 2 amide bonds. The molecular formula is C34H34Cl3N3O5S. The van der Waals surface area contributed by atoms with Crippen LogP contribution in [0.1, 0.15) is 24.5 Å². The monoisotopic (exact) mass is 701 g/mol. The average molecular weight is 703 g/mol. The first kappa shape index (κ1) is 35.1. The molecule has 4 aromatic rings. The Bertz CT molecular complexity index is 1740. The zero-order valence-corrected chi connectivity index (χ0v) is 28.4. The van der Waals surface area contributed by atoms with E-state index in [0.717, 1.165) is 9.87 Å². The smallest absolute Gasteiger partial charge is 0.264 e. The molecule has 0 aliphatic rings. The molecule has 0 aliphatic carbocycles. The van der Waals surface area contributed by atoms with Crippen molar-refractivity contribution in [2.24, 2.45) is 0 Å². The molecule has 1 atom stereocenters. The fourth-order valence-corrected chi connectivity index (χ4v) is 6.99. The van der Waals surface area contributed by atoms with Crippen LogP contribution in [0.3, 0.4) is 0 Å². The molecular weight excluding hydrogens is 669 g/mol. The Morgan fingerprint density at radius 3 is 2.11 bits per heavy atom. The number of carbonyl (C=O) groups excluding carboxylic acids is 2. The summed E-state index contributed by atoms with van der Waals surface area (Å²) >= 11 is 19.4. The van der Waals surface area contributed by atoms with Crippen LogP contribution in [-0.4, -0.2) is 51.4 Å². The third kappa shape index (κ3) is 8.53. The van der Waals surface area contributed by atoms with E-state index >= 15 is 0 Å². The van der Waals surface area contributed by atoms with Gasteiger partial charge in [0.1, 0.15) is 18.3 Å². The Labute approximate surface area is 284 Å². The predicted octanol–water partition coefficient (Wildman–Crippen LogP) is 7.02. The van der Waals surface area contributed by atoms with E-state index in [-0.39, 0.29) is 34.3 Å². The lowest BCUT2D eigenvalue weighted by Crippen LogP contribution is -2.53. The molecule has 4 aromatic carbocycles. The summed E-state index contributed by atoms with van der Waals surface area (Å²) in [5, 5.41) is 3.72. The number of hydrogen-bond acceptors (Lipinski definition) is 5. The van der Waals surface area contributed by atoms with Gasteiger partial charge in [-0.05, 0) is 54.4 Å². The Hall–Kier alpha value is -3.76. The van der Waals surface area contributed by atoms with Gasteiger partial charge in [0.25, 0.3) is 10.0 Å². The number of halogens is 3. The minimum Gasteiger partial charge on any atom is -0.495 e. The molecule has 1 N–H and O–H groups in total. The number of ether oxygens (including phenoxy) is 1. The lowest BCUT2D eigenvalue weighted by atomic mass is 10.0. The second kappa shape index (κ2) is 16.2.